The molecular formula is I2N2O6Zn2. The van der Waals surface area contributed by atoms with Gasteiger partial charge in [-0.3, -0.25) is 0 Å². The zero-order chi connectivity index (χ0) is 7.15. The van der Waals surface area contributed by atoms with Gasteiger partial charge >= 0.3 is 39.0 Å². The molecule has 0 aliphatic carbocycles. The minimum Gasteiger partial charge on any atom is -1.00 e. The van der Waals surface area contributed by atoms with E-state index in [1.54, 1.807) is 0 Å². The molecule has 0 aliphatic heterocycles. The van der Waals surface area contributed by atoms with E-state index < -0.39 is 10.2 Å². The molecule has 12 heavy (non-hydrogen) atoms. The Kier molecular flexibility index (Phi) is 93.7. The van der Waals surface area contributed by atoms with Crippen LogP contribution in [0.5, 0.6) is 0 Å². The molecule has 64 valence electrons. The van der Waals surface area contributed by atoms with Gasteiger partial charge in [-0.05, 0) is 0 Å². The first-order chi connectivity index (χ1) is 3.46. The van der Waals surface area contributed by atoms with Crippen LogP contribution in [-0.4, -0.2) is 10.2 Å². The Hall–Kier alpha value is 1.11. The molecule has 0 N–H and O–H groups in total. The van der Waals surface area contributed by atoms with Crippen LogP contribution in [0.2, 0.25) is 0 Å². The van der Waals surface area contributed by atoms with Crippen LogP contribution in [0.3, 0.4) is 0 Å². The summed E-state index contributed by atoms with van der Waals surface area (Å²) in [6, 6.07) is 0. The van der Waals surface area contributed by atoms with Crippen molar-refractivity contribution in [1.82, 2.24) is 0 Å². The molecular weight excluding hydrogens is 509 g/mol. The molecule has 0 rings (SSSR count). The molecule has 0 unspecified atom stereocenters. The van der Waals surface area contributed by atoms with Crippen molar-refractivity contribution >= 4 is 0 Å². The summed E-state index contributed by atoms with van der Waals surface area (Å²) in [7, 11) is 0. The van der Waals surface area contributed by atoms with Crippen molar-refractivity contribution in [2.24, 2.45) is 0 Å². The van der Waals surface area contributed by atoms with Crippen molar-refractivity contribution in [2.45, 2.75) is 0 Å². The Morgan fingerprint density at radius 2 is 0.667 bits per heavy atom. The summed E-state index contributed by atoms with van der Waals surface area (Å²) in [5.41, 5.74) is 0. The molecule has 12 heteroatoms. The second-order valence-corrected chi connectivity index (χ2v) is 0.447. The van der Waals surface area contributed by atoms with Crippen LogP contribution < -0.4 is 48.0 Å². The topological polar surface area (TPSA) is 132 Å². The smallest absolute Gasteiger partial charge is 1.00 e. The maximum Gasteiger partial charge on any atom is 2.00 e. The molecule has 0 aromatic heterocycles. The van der Waals surface area contributed by atoms with Crippen molar-refractivity contribution in [3.05, 3.63) is 30.6 Å². The predicted octanol–water partition coefficient (Wildman–Crippen LogP) is -6.48. The fourth-order valence-electron chi connectivity index (χ4n) is 0. The minimum absolute atomic E-state index is 0. The van der Waals surface area contributed by atoms with E-state index in [4.69, 9.17) is 30.6 Å². The van der Waals surface area contributed by atoms with Gasteiger partial charge in [0.1, 0.15) is 0 Å². The second kappa shape index (κ2) is 29.6. The Balaban J connectivity index is -0.0000000112. The average molecular weight is 509 g/mol. The van der Waals surface area contributed by atoms with Crippen LogP contribution in [0.1, 0.15) is 0 Å². The fourth-order valence-corrected chi connectivity index (χ4v) is 0. The summed E-state index contributed by atoms with van der Waals surface area (Å²) in [4.78, 5) is 16.5. The van der Waals surface area contributed by atoms with Crippen LogP contribution in [0, 0.1) is 30.6 Å². The quantitative estimate of drug-likeness (QED) is 0.138. The third-order valence-electron chi connectivity index (χ3n) is 0. The van der Waals surface area contributed by atoms with Crippen LogP contribution >= 0.6 is 0 Å². The Labute approximate surface area is 126 Å². The number of nitrogens with zero attached hydrogens (tertiary/aromatic N) is 2. The van der Waals surface area contributed by atoms with Gasteiger partial charge in [0.25, 0.3) is 0 Å². The first-order valence-corrected chi connectivity index (χ1v) is 1.10. The molecule has 0 amide bonds. The summed E-state index contributed by atoms with van der Waals surface area (Å²) < 4.78 is 0. The summed E-state index contributed by atoms with van der Waals surface area (Å²) >= 11 is 0. The van der Waals surface area contributed by atoms with Gasteiger partial charge < -0.3 is 78.6 Å². The molecule has 0 fully saturated rings. The molecule has 0 saturated heterocycles. The van der Waals surface area contributed by atoms with E-state index in [0.29, 0.717) is 0 Å². The molecule has 0 saturated carbocycles. The SMILES string of the molecule is O=[N+]([O-])[O-].O=[N+]([O-])[O-].[I-].[I-].[Zn+2].[Zn+2]. The third-order valence-corrected chi connectivity index (χ3v) is 0. The molecule has 0 aromatic rings. The normalized spacial score (nSPS) is 4.00. The molecule has 0 bridgehead atoms. The van der Waals surface area contributed by atoms with Crippen LogP contribution in [0.15, 0.2) is 0 Å². The summed E-state index contributed by atoms with van der Waals surface area (Å²) in [6.45, 7) is 0. The average Bonchev–Trinajstić information content (AvgIpc) is 1.25. The van der Waals surface area contributed by atoms with E-state index in [0.717, 1.165) is 0 Å². The number of hydrogen-bond acceptors (Lipinski definition) is 6. The Morgan fingerprint density at radius 3 is 0.667 bits per heavy atom. The number of halogens is 2. The Bertz CT molecular complexity index is 79.5. The number of rotatable bonds is 0. The van der Waals surface area contributed by atoms with Crippen molar-refractivity contribution in [2.75, 3.05) is 0 Å². The fraction of sp³-hybridized carbons (Fsp3) is 0. The molecule has 0 radical (unpaired) electrons. The third kappa shape index (κ3) is 926. The van der Waals surface area contributed by atoms with Gasteiger partial charge in [0, 0.05) is 0 Å². The van der Waals surface area contributed by atoms with Gasteiger partial charge in [-0.2, -0.15) is 0 Å². The van der Waals surface area contributed by atoms with Gasteiger partial charge in [0.05, 0.1) is 10.2 Å². The van der Waals surface area contributed by atoms with Crippen LogP contribution in [-0.2, 0) is 39.0 Å². The standard InChI is InChI=1S/2HI.2NO3.2Zn/c;;2*2-1(3)4;;/h2*1H;;;;/q;;2*-1;2*+2/p-2. The first kappa shape index (κ1) is 38.0. The van der Waals surface area contributed by atoms with Gasteiger partial charge in [-0.1, -0.05) is 0 Å². The monoisotopic (exact) mass is 506 g/mol. The largest absolute Gasteiger partial charge is 2.00 e. The van der Waals surface area contributed by atoms with Crippen molar-refractivity contribution in [3.63, 3.8) is 0 Å². The molecule has 0 spiro atoms. The summed E-state index contributed by atoms with van der Waals surface area (Å²) in [5, 5.41) is 29.5. The number of hydrogen-bond donors (Lipinski definition) is 0. The zero-order valence-corrected chi connectivity index (χ0v) is 15.8. The van der Waals surface area contributed by atoms with Gasteiger partial charge in [-0.25, -0.2) is 0 Å². The van der Waals surface area contributed by atoms with Gasteiger partial charge in [-0.15, -0.1) is 0 Å². The summed E-state index contributed by atoms with van der Waals surface area (Å²) in [5.74, 6) is 0. The molecule has 0 heterocycles. The predicted molar refractivity (Wildman–Crippen MR) is 20.7 cm³/mol. The van der Waals surface area contributed by atoms with E-state index >= 15 is 0 Å². The second-order valence-electron chi connectivity index (χ2n) is 0.447. The molecule has 8 nitrogen and oxygen atoms in total. The van der Waals surface area contributed by atoms with E-state index in [9.17, 15) is 0 Å². The van der Waals surface area contributed by atoms with Crippen molar-refractivity contribution in [3.8, 4) is 0 Å². The Morgan fingerprint density at radius 1 is 0.667 bits per heavy atom. The van der Waals surface area contributed by atoms with E-state index in [2.05, 4.69) is 0 Å². The minimum atomic E-state index is -1.75. The van der Waals surface area contributed by atoms with Gasteiger partial charge in [0.2, 0.25) is 0 Å². The van der Waals surface area contributed by atoms with Gasteiger partial charge in [0.15, 0.2) is 0 Å². The first-order valence-electron chi connectivity index (χ1n) is 1.10. The van der Waals surface area contributed by atoms with Crippen molar-refractivity contribution in [1.29, 1.82) is 0 Å². The summed E-state index contributed by atoms with van der Waals surface area (Å²) in [6.07, 6.45) is 0. The van der Waals surface area contributed by atoms with E-state index in [1.165, 1.54) is 0 Å². The molecule has 0 atom stereocenters. The van der Waals surface area contributed by atoms with Crippen molar-refractivity contribution < 1.29 is 97.1 Å². The molecule has 0 aromatic carbocycles. The maximum atomic E-state index is 8.25. The maximum absolute atomic E-state index is 8.25. The molecule has 0 aliphatic rings. The van der Waals surface area contributed by atoms with Crippen LogP contribution in [0.4, 0.5) is 0 Å². The van der Waals surface area contributed by atoms with Crippen LogP contribution in [0.25, 0.3) is 0 Å². The van der Waals surface area contributed by atoms with E-state index in [-0.39, 0.29) is 86.9 Å². The van der Waals surface area contributed by atoms with E-state index in [1.807, 2.05) is 0 Å². The zero-order valence-electron chi connectivity index (χ0n) is 5.51.